The summed E-state index contributed by atoms with van der Waals surface area (Å²) in [7, 11) is 0. The maximum atomic E-state index is 13.1. The number of hydrogen-bond donors (Lipinski definition) is 1. The van der Waals surface area contributed by atoms with Crippen LogP contribution in [0.2, 0.25) is 0 Å². The number of amides is 1. The number of aromatic carboxylic acids is 1. The molecule has 0 bridgehead atoms. The van der Waals surface area contributed by atoms with E-state index in [9.17, 15) is 14.7 Å². The molecule has 0 radical (unpaired) electrons. The molecule has 2 heterocycles. The van der Waals surface area contributed by atoms with Crippen LogP contribution in [-0.4, -0.2) is 47.2 Å². The van der Waals surface area contributed by atoms with Gasteiger partial charge in [-0.25, -0.2) is 4.79 Å². The normalized spacial score (nSPS) is 18.3. The molecule has 7 heteroatoms. The summed E-state index contributed by atoms with van der Waals surface area (Å²) in [6.45, 7) is 1.82. The molecule has 142 valence electrons. The molecule has 1 amide bonds. The molecule has 1 N–H and O–H groups in total. The van der Waals surface area contributed by atoms with Gasteiger partial charge in [0.2, 0.25) is 0 Å². The highest BCUT2D eigenvalue weighted by atomic mass is 32.2. The maximum absolute atomic E-state index is 13.1. The van der Waals surface area contributed by atoms with E-state index < -0.39 is 5.97 Å². The van der Waals surface area contributed by atoms with Crippen molar-refractivity contribution in [3.05, 3.63) is 53.5 Å². The highest BCUT2D eigenvalue weighted by molar-refractivity contribution is 7.98. The van der Waals surface area contributed by atoms with Crippen molar-refractivity contribution in [3.8, 4) is 0 Å². The number of nitrogens with zero attached hydrogens (tertiary/aromatic N) is 1. The highest BCUT2D eigenvalue weighted by Crippen LogP contribution is 2.39. The van der Waals surface area contributed by atoms with Crippen LogP contribution in [0.3, 0.4) is 0 Å². The molecule has 27 heavy (non-hydrogen) atoms. The number of hydrogen-bond acceptors (Lipinski definition) is 5. The van der Waals surface area contributed by atoms with E-state index in [1.807, 2.05) is 29.2 Å². The van der Waals surface area contributed by atoms with Crippen LogP contribution in [0, 0.1) is 0 Å². The van der Waals surface area contributed by atoms with Crippen molar-refractivity contribution in [2.24, 2.45) is 0 Å². The molecular weight excluding hydrogens is 366 g/mol. The van der Waals surface area contributed by atoms with E-state index in [2.05, 4.69) is 0 Å². The summed E-state index contributed by atoms with van der Waals surface area (Å²) < 4.78 is 11.2. The number of carboxylic acids is 1. The highest BCUT2D eigenvalue weighted by Gasteiger charge is 2.43. The van der Waals surface area contributed by atoms with Gasteiger partial charge in [0.15, 0.2) is 0 Å². The maximum Gasteiger partial charge on any atom is 0.339 e. The minimum absolute atomic E-state index is 0.00516. The number of ether oxygens (including phenoxy) is 1. The summed E-state index contributed by atoms with van der Waals surface area (Å²) in [6, 6.07) is 8.90. The summed E-state index contributed by atoms with van der Waals surface area (Å²) in [6.07, 6.45) is 4.57. The number of carbonyl (C=O) groups excluding carboxylic acids is 1. The standard InChI is InChI=1S/C20H21NO5S/c22-18(21-9-11-26-20(13-21)7-3-8-20)15-4-1-2-5-17(15)27-12-16-14(19(23)24)6-10-25-16/h1-2,4-6,10H,3,7-9,11-13H2,(H,23,24). The van der Waals surface area contributed by atoms with Gasteiger partial charge in [-0.15, -0.1) is 11.8 Å². The Labute approximate surface area is 161 Å². The van der Waals surface area contributed by atoms with E-state index in [1.165, 1.54) is 24.1 Å². The molecular formula is C20H21NO5S. The van der Waals surface area contributed by atoms with Crippen molar-refractivity contribution in [2.75, 3.05) is 19.7 Å². The molecule has 1 saturated heterocycles. The molecule has 2 fully saturated rings. The third kappa shape index (κ3) is 3.61. The van der Waals surface area contributed by atoms with Crippen LogP contribution >= 0.6 is 11.8 Å². The van der Waals surface area contributed by atoms with E-state index in [-0.39, 0.29) is 17.1 Å². The molecule has 1 aliphatic heterocycles. The fourth-order valence-electron chi connectivity index (χ4n) is 3.62. The number of benzene rings is 1. The fraction of sp³-hybridized carbons (Fsp3) is 0.400. The largest absolute Gasteiger partial charge is 0.478 e. The second kappa shape index (κ2) is 7.40. The second-order valence-electron chi connectivity index (χ2n) is 6.96. The van der Waals surface area contributed by atoms with Crippen molar-refractivity contribution in [3.63, 3.8) is 0 Å². The summed E-state index contributed by atoms with van der Waals surface area (Å²) >= 11 is 1.41. The average Bonchev–Trinajstić information content (AvgIpc) is 3.14. The van der Waals surface area contributed by atoms with Gasteiger partial charge in [0.1, 0.15) is 11.3 Å². The average molecular weight is 387 g/mol. The predicted molar refractivity (Wildman–Crippen MR) is 100 cm³/mol. The molecule has 0 unspecified atom stereocenters. The minimum Gasteiger partial charge on any atom is -0.478 e. The van der Waals surface area contributed by atoms with E-state index in [0.29, 0.717) is 36.8 Å². The Bertz CT molecular complexity index is 858. The minimum atomic E-state index is -1.01. The van der Waals surface area contributed by atoms with Crippen LogP contribution in [0.1, 0.15) is 45.7 Å². The number of furan rings is 1. The lowest BCUT2D eigenvalue weighted by molar-refractivity contribution is -0.142. The SMILES string of the molecule is O=C(O)c1ccoc1CSc1ccccc1C(=O)N1CCOC2(CCC2)C1. The molecule has 6 nitrogen and oxygen atoms in total. The zero-order valence-electron chi connectivity index (χ0n) is 14.8. The van der Waals surface area contributed by atoms with Gasteiger partial charge in [0, 0.05) is 11.4 Å². The second-order valence-corrected chi connectivity index (χ2v) is 7.98. The van der Waals surface area contributed by atoms with E-state index >= 15 is 0 Å². The van der Waals surface area contributed by atoms with Crippen LogP contribution in [0.25, 0.3) is 0 Å². The lowest BCUT2D eigenvalue weighted by Gasteiger charge is -2.48. The molecule has 2 aliphatic rings. The van der Waals surface area contributed by atoms with Gasteiger partial charge in [-0.05, 0) is 37.5 Å². The lowest BCUT2D eigenvalue weighted by Crippen LogP contribution is -2.57. The summed E-state index contributed by atoms with van der Waals surface area (Å²) in [4.78, 5) is 27.1. The zero-order valence-corrected chi connectivity index (χ0v) is 15.7. The molecule has 4 rings (SSSR count). The molecule has 0 atom stereocenters. The van der Waals surface area contributed by atoms with Crippen LogP contribution in [0.15, 0.2) is 45.9 Å². The van der Waals surface area contributed by atoms with Crippen molar-refractivity contribution >= 4 is 23.6 Å². The quantitative estimate of drug-likeness (QED) is 0.789. The van der Waals surface area contributed by atoms with Gasteiger partial charge in [-0.1, -0.05) is 12.1 Å². The predicted octanol–water partition coefficient (Wildman–Crippen LogP) is 3.67. The molecule has 2 aromatic rings. The van der Waals surface area contributed by atoms with E-state index in [4.69, 9.17) is 9.15 Å². The van der Waals surface area contributed by atoms with Gasteiger partial charge in [-0.2, -0.15) is 0 Å². The molecule has 1 aromatic carbocycles. The van der Waals surface area contributed by atoms with Crippen molar-refractivity contribution in [1.82, 2.24) is 4.90 Å². The van der Waals surface area contributed by atoms with Gasteiger partial charge in [0.05, 0.1) is 36.3 Å². The number of rotatable bonds is 5. The first-order valence-electron chi connectivity index (χ1n) is 9.03. The fourth-order valence-corrected chi connectivity index (χ4v) is 4.61. The topological polar surface area (TPSA) is 80.0 Å². The van der Waals surface area contributed by atoms with Gasteiger partial charge >= 0.3 is 5.97 Å². The van der Waals surface area contributed by atoms with Crippen LogP contribution in [0.4, 0.5) is 0 Å². The Balaban J connectivity index is 1.49. The van der Waals surface area contributed by atoms with Crippen LogP contribution < -0.4 is 0 Å². The summed E-state index contributed by atoms with van der Waals surface area (Å²) in [5, 5.41) is 9.20. The molecule has 1 spiro atoms. The Hall–Kier alpha value is -2.25. The smallest absolute Gasteiger partial charge is 0.339 e. The zero-order chi connectivity index (χ0) is 18.9. The van der Waals surface area contributed by atoms with Gasteiger partial charge < -0.3 is 19.2 Å². The summed E-state index contributed by atoms with van der Waals surface area (Å²) in [5.74, 6) is -0.255. The van der Waals surface area contributed by atoms with Crippen molar-refractivity contribution in [2.45, 2.75) is 35.5 Å². The Kier molecular flexibility index (Phi) is 4.97. The monoisotopic (exact) mass is 387 g/mol. The van der Waals surface area contributed by atoms with Crippen molar-refractivity contribution in [1.29, 1.82) is 0 Å². The van der Waals surface area contributed by atoms with Crippen LogP contribution in [-0.2, 0) is 10.5 Å². The number of carbonyl (C=O) groups is 2. The third-order valence-corrected chi connectivity index (χ3v) is 6.33. The number of carboxylic acid groups (broad SMARTS) is 1. The molecule has 1 aromatic heterocycles. The third-order valence-electron chi connectivity index (χ3n) is 5.25. The number of morpholine rings is 1. The number of thioether (sulfide) groups is 1. The lowest BCUT2D eigenvalue weighted by atomic mass is 9.79. The Morgan fingerprint density at radius 2 is 2.00 bits per heavy atom. The van der Waals surface area contributed by atoms with Crippen molar-refractivity contribution < 1.29 is 23.8 Å². The first-order valence-corrected chi connectivity index (χ1v) is 10.0. The van der Waals surface area contributed by atoms with Crippen LogP contribution in [0.5, 0.6) is 0 Å². The first kappa shape index (κ1) is 18.1. The Morgan fingerprint density at radius 3 is 2.74 bits per heavy atom. The van der Waals surface area contributed by atoms with E-state index in [1.54, 1.807) is 0 Å². The van der Waals surface area contributed by atoms with E-state index in [0.717, 1.165) is 24.2 Å². The first-order chi connectivity index (χ1) is 13.1. The summed E-state index contributed by atoms with van der Waals surface area (Å²) in [5.41, 5.74) is 0.661. The molecule has 1 saturated carbocycles. The van der Waals surface area contributed by atoms with Gasteiger partial charge in [0.25, 0.3) is 5.91 Å². The molecule has 1 aliphatic carbocycles. The Morgan fingerprint density at radius 1 is 1.19 bits per heavy atom. The van der Waals surface area contributed by atoms with Gasteiger partial charge in [-0.3, -0.25) is 4.79 Å².